The molecule has 0 aliphatic carbocycles. The largest absolute Gasteiger partial charge is 0.493 e. The van der Waals surface area contributed by atoms with Gasteiger partial charge in [-0.3, -0.25) is 4.79 Å². The number of nitrogens with one attached hydrogen (secondary N) is 1. The molecule has 0 bridgehead atoms. The Labute approximate surface area is 284 Å². The normalized spacial score (nSPS) is 11.4. The highest BCUT2D eigenvalue weighted by molar-refractivity contribution is 9.10. The Morgan fingerprint density at radius 3 is 2.13 bits per heavy atom. The summed E-state index contributed by atoms with van der Waals surface area (Å²) in [4.78, 5) is 25.6. The van der Waals surface area contributed by atoms with E-state index in [2.05, 4.69) is 45.5 Å². The molecule has 5 aromatic rings. The Kier molecular flexibility index (Phi) is 12.2. The highest BCUT2D eigenvalue weighted by Crippen LogP contribution is 2.33. The Balaban J connectivity index is 1.17. The van der Waals surface area contributed by atoms with Crippen LogP contribution >= 0.6 is 15.9 Å². The minimum Gasteiger partial charge on any atom is -0.493 e. The minimum absolute atomic E-state index is 0.122. The van der Waals surface area contributed by atoms with E-state index in [9.17, 15) is 14.7 Å². The smallest absolute Gasteiger partial charge is 0.326 e. The van der Waals surface area contributed by atoms with Crippen LogP contribution in [0.1, 0.15) is 47.2 Å². The third kappa shape index (κ3) is 10.1. The number of rotatable bonds is 16. The first-order valence-electron chi connectivity index (χ1n) is 15.9. The fraction of sp³-hybridized carbons (Fsp3) is 0.200. The van der Waals surface area contributed by atoms with Crippen LogP contribution in [0.25, 0.3) is 11.1 Å². The number of amides is 1. The maximum Gasteiger partial charge on any atom is 0.326 e. The van der Waals surface area contributed by atoms with Crippen molar-refractivity contribution in [3.8, 4) is 28.4 Å². The van der Waals surface area contributed by atoms with Gasteiger partial charge < -0.3 is 19.9 Å². The number of para-hydroxylation sites is 2. The van der Waals surface area contributed by atoms with E-state index in [1.807, 2.05) is 91.0 Å². The summed E-state index contributed by atoms with van der Waals surface area (Å²) in [7, 11) is 0. The molecule has 5 rings (SSSR count). The van der Waals surface area contributed by atoms with Crippen molar-refractivity contribution in [2.45, 2.75) is 44.6 Å². The molecule has 0 heterocycles. The predicted molar refractivity (Wildman–Crippen MR) is 189 cm³/mol. The summed E-state index contributed by atoms with van der Waals surface area (Å²) in [5.74, 6) is 0.277. The molecule has 0 spiro atoms. The molecule has 6 nitrogen and oxygen atoms in total. The number of aryl methyl sites for hydroxylation is 1. The number of carboxylic acids is 1. The molecule has 1 amide bonds. The van der Waals surface area contributed by atoms with Crippen molar-refractivity contribution >= 4 is 27.8 Å². The zero-order valence-electron chi connectivity index (χ0n) is 26.1. The van der Waals surface area contributed by atoms with Gasteiger partial charge in [0.25, 0.3) is 5.91 Å². The van der Waals surface area contributed by atoms with Gasteiger partial charge in [0.05, 0.1) is 12.2 Å². The van der Waals surface area contributed by atoms with Crippen LogP contribution in [0.2, 0.25) is 0 Å². The number of benzene rings is 5. The first kappa shape index (κ1) is 33.5. The number of halogens is 1. The van der Waals surface area contributed by atoms with Gasteiger partial charge in [-0.25, -0.2) is 4.79 Å². The fourth-order valence-corrected chi connectivity index (χ4v) is 5.68. The molecule has 0 fully saturated rings. The quantitative estimate of drug-likeness (QED) is 0.101. The van der Waals surface area contributed by atoms with E-state index in [0.717, 1.165) is 60.3 Å². The van der Waals surface area contributed by atoms with E-state index in [4.69, 9.17) is 9.47 Å². The molecule has 0 saturated heterocycles. The topological polar surface area (TPSA) is 84.9 Å². The van der Waals surface area contributed by atoms with E-state index in [1.165, 1.54) is 5.56 Å². The first-order valence-corrected chi connectivity index (χ1v) is 16.7. The Hall–Kier alpha value is -4.88. The van der Waals surface area contributed by atoms with Crippen LogP contribution in [0.15, 0.2) is 132 Å². The van der Waals surface area contributed by atoms with Gasteiger partial charge in [0.15, 0.2) is 0 Å². The zero-order valence-corrected chi connectivity index (χ0v) is 27.7. The molecular formula is C40H38BrNO5. The van der Waals surface area contributed by atoms with Crippen molar-refractivity contribution in [1.29, 1.82) is 0 Å². The van der Waals surface area contributed by atoms with Crippen LogP contribution in [-0.4, -0.2) is 29.6 Å². The molecule has 1 atom stereocenters. The third-order valence-corrected chi connectivity index (χ3v) is 8.31. The van der Waals surface area contributed by atoms with Crippen LogP contribution in [0.5, 0.6) is 17.2 Å². The number of hydrogen-bond donors (Lipinski definition) is 2. The van der Waals surface area contributed by atoms with E-state index in [0.29, 0.717) is 22.4 Å². The molecule has 0 radical (unpaired) electrons. The molecule has 0 saturated carbocycles. The summed E-state index contributed by atoms with van der Waals surface area (Å²) in [5, 5.41) is 12.7. The van der Waals surface area contributed by atoms with Crippen LogP contribution in [-0.2, 0) is 17.6 Å². The average Bonchev–Trinajstić information content (AvgIpc) is 3.09. The molecule has 240 valence electrons. The number of hydrogen-bond acceptors (Lipinski definition) is 4. The molecule has 0 aliphatic rings. The SMILES string of the molecule is O=C(N[C@@H](Cc1ccc(-c2ccccc2Oc2ccccc2)cc1)C(=O)O)c1cc(Br)ccc1OCCCCCCc1ccccc1. The van der Waals surface area contributed by atoms with Crippen LogP contribution < -0.4 is 14.8 Å². The predicted octanol–water partition coefficient (Wildman–Crippen LogP) is 9.52. The maximum atomic E-state index is 13.4. The lowest BCUT2D eigenvalue weighted by molar-refractivity contribution is -0.139. The number of ether oxygens (including phenoxy) is 2. The van der Waals surface area contributed by atoms with Crippen molar-refractivity contribution < 1.29 is 24.2 Å². The molecular weight excluding hydrogens is 654 g/mol. The van der Waals surface area contributed by atoms with Crippen LogP contribution in [0, 0.1) is 0 Å². The standard InChI is InChI=1S/C40H38BrNO5/c41-32-24-25-37(46-26-12-2-1-5-13-29-14-6-3-7-15-29)35(28-32)39(43)42-36(40(44)45)27-30-20-22-31(23-21-30)34-18-10-11-19-38(34)47-33-16-8-4-9-17-33/h3-4,6-11,14-25,28,36H,1-2,5,12-13,26-27H2,(H,42,43)(H,44,45)/t36-/m0/s1. The van der Waals surface area contributed by atoms with Crippen LogP contribution in [0.4, 0.5) is 0 Å². The van der Waals surface area contributed by atoms with Crippen molar-refractivity contribution in [2.75, 3.05) is 6.61 Å². The van der Waals surface area contributed by atoms with Gasteiger partial charge >= 0.3 is 5.97 Å². The molecule has 7 heteroatoms. The lowest BCUT2D eigenvalue weighted by atomic mass is 9.99. The molecule has 5 aromatic carbocycles. The highest BCUT2D eigenvalue weighted by Gasteiger charge is 2.23. The van der Waals surface area contributed by atoms with E-state index in [-0.39, 0.29) is 6.42 Å². The number of carbonyl (C=O) groups excluding carboxylic acids is 1. The summed E-state index contributed by atoms with van der Waals surface area (Å²) >= 11 is 3.43. The van der Waals surface area contributed by atoms with E-state index in [1.54, 1.807) is 12.1 Å². The van der Waals surface area contributed by atoms with Gasteiger partial charge in [-0.15, -0.1) is 0 Å². The first-order chi connectivity index (χ1) is 23.0. The second kappa shape index (κ2) is 17.2. The lowest BCUT2D eigenvalue weighted by Crippen LogP contribution is -2.42. The summed E-state index contributed by atoms with van der Waals surface area (Å²) in [6.45, 7) is 0.474. The molecule has 0 aromatic heterocycles. The molecule has 2 N–H and O–H groups in total. The van der Waals surface area contributed by atoms with Crippen molar-refractivity contribution in [3.63, 3.8) is 0 Å². The number of aliphatic carboxylic acids is 1. The summed E-state index contributed by atoms with van der Waals surface area (Å²) in [6, 6.07) is 39.5. The number of unbranched alkanes of at least 4 members (excludes halogenated alkanes) is 3. The fourth-order valence-electron chi connectivity index (χ4n) is 5.32. The summed E-state index contributed by atoms with van der Waals surface area (Å²) in [5.41, 5.74) is 4.27. The summed E-state index contributed by atoms with van der Waals surface area (Å²) < 4.78 is 12.8. The summed E-state index contributed by atoms with van der Waals surface area (Å²) in [6.07, 6.45) is 5.29. The molecule has 47 heavy (non-hydrogen) atoms. The van der Waals surface area contributed by atoms with Gasteiger partial charge in [0.1, 0.15) is 23.3 Å². The Morgan fingerprint density at radius 1 is 0.702 bits per heavy atom. The molecule has 0 aliphatic heterocycles. The van der Waals surface area contributed by atoms with E-state index < -0.39 is 17.9 Å². The van der Waals surface area contributed by atoms with Gasteiger partial charge in [-0.1, -0.05) is 120 Å². The monoisotopic (exact) mass is 691 g/mol. The molecule has 0 unspecified atom stereocenters. The maximum absolute atomic E-state index is 13.4. The second-order valence-corrected chi connectivity index (χ2v) is 12.2. The van der Waals surface area contributed by atoms with Crippen molar-refractivity contribution in [3.05, 3.63) is 149 Å². The Morgan fingerprint density at radius 2 is 1.38 bits per heavy atom. The number of carbonyl (C=O) groups is 2. The van der Waals surface area contributed by atoms with Gasteiger partial charge in [-0.2, -0.15) is 0 Å². The van der Waals surface area contributed by atoms with Gasteiger partial charge in [-0.05, 0) is 72.4 Å². The van der Waals surface area contributed by atoms with Crippen molar-refractivity contribution in [2.24, 2.45) is 0 Å². The van der Waals surface area contributed by atoms with Crippen LogP contribution in [0.3, 0.4) is 0 Å². The number of carboxylic acid groups (broad SMARTS) is 1. The average molecular weight is 693 g/mol. The van der Waals surface area contributed by atoms with Crippen molar-refractivity contribution in [1.82, 2.24) is 5.32 Å². The zero-order chi connectivity index (χ0) is 32.8. The van der Waals surface area contributed by atoms with Gasteiger partial charge in [0.2, 0.25) is 0 Å². The minimum atomic E-state index is -1.13. The van der Waals surface area contributed by atoms with Gasteiger partial charge in [0, 0.05) is 16.5 Å². The lowest BCUT2D eigenvalue weighted by Gasteiger charge is -2.17. The Bertz CT molecular complexity index is 1740. The van der Waals surface area contributed by atoms with E-state index >= 15 is 0 Å². The third-order valence-electron chi connectivity index (χ3n) is 7.81. The second-order valence-electron chi connectivity index (χ2n) is 11.3. The highest BCUT2D eigenvalue weighted by atomic mass is 79.9.